The molecular weight excluding hydrogens is 360 g/mol. The molecular formula is C17H22N2O4S2. The minimum atomic E-state index is -3.65. The van der Waals surface area contributed by atoms with Crippen molar-refractivity contribution in [2.75, 3.05) is 26.1 Å². The van der Waals surface area contributed by atoms with Crippen molar-refractivity contribution in [2.24, 2.45) is 0 Å². The fourth-order valence-electron chi connectivity index (χ4n) is 2.28. The molecule has 0 radical (unpaired) electrons. The molecule has 0 aliphatic heterocycles. The molecule has 0 aliphatic rings. The van der Waals surface area contributed by atoms with E-state index in [4.69, 9.17) is 4.74 Å². The number of nitrogens with zero attached hydrogens (tertiary/aromatic N) is 1. The van der Waals surface area contributed by atoms with Gasteiger partial charge in [0.1, 0.15) is 5.00 Å². The van der Waals surface area contributed by atoms with Crippen LogP contribution in [0.25, 0.3) is 0 Å². The van der Waals surface area contributed by atoms with Crippen molar-refractivity contribution in [3.63, 3.8) is 0 Å². The molecule has 2 rings (SSSR count). The molecule has 0 fully saturated rings. The SMILES string of the molecule is COC(=O)c1cc([C@@H](C)NS(=O)(=O)c2ccc(C)cc2)sc1N(C)C. The molecule has 1 heterocycles. The molecule has 0 saturated heterocycles. The number of methoxy groups -OCH3 is 1. The van der Waals surface area contributed by atoms with Gasteiger partial charge in [-0.25, -0.2) is 17.9 Å². The number of ether oxygens (including phenoxy) is 1. The number of rotatable bonds is 6. The second kappa shape index (κ2) is 7.55. The number of carbonyl (C=O) groups excluding carboxylic acids is 1. The molecule has 1 aromatic carbocycles. The third-order valence-electron chi connectivity index (χ3n) is 3.63. The van der Waals surface area contributed by atoms with E-state index in [1.807, 2.05) is 25.9 Å². The van der Waals surface area contributed by atoms with Gasteiger partial charge in [-0.3, -0.25) is 0 Å². The molecule has 0 spiro atoms. The highest BCUT2D eigenvalue weighted by molar-refractivity contribution is 7.89. The summed E-state index contributed by atoms with van der Waals surface area (Å²) in [5, 5.41) is 0.725. The van der Waals surface area contributed by atoms with Crippen LogP contribution in [0, 0.1) is 6.92 Å². The van der Waals surface area contributed by atoms with Crippen LogP contribution in [0.5, 0.6) is 0 Å². The number of esters is 1. The number of carbonyl (C=O) groups is 1. The fraction of sp³-hybridized carbons (Fsp3) is 0.353. The summed E-state index contributed by atoms with van der Waals surface area (Å²) in [6, 6.07) is 7.85. The van der Waals surface area contributed by atoms with Crippen molar-refractivity contribution in [1.29, 1.82) is 0 Å². The van der Waals surface area contributed by atoms with Crippen LogP contribution in [0.3, 0.4) is 0 Å². The highest BCUT2D eigenvalue weighted by Gasteiger charge is 2.24. The maximum absolute atomic E-state index is 12.5. The van der Waals surface area contributed by atoms with Crippen LogP contribution < -0.4 is 9.62 Å². The normalized spacial score (nSPS) is 12.7. The van der Waals surface area contributed by atoms with E-state index in [1.165, 1.54) is 18.4 Å². The van der Waals surface area contributed by atoms with Crippen LogP contribution in [0.4, 0.5) is 5.00 Å². The number of hydrogen-bond donors (Lipinski definition) is 1. The smallest absolute Gasteiger partial charge is 0.340 e. The van der Waals surface area contributed by atoms with Crippen molar-refractivity contribution in [2.45, 2.75) is 24.8 Å². The minimum Gasteiger partial charge on any atom is -0.465 e. The van der Waals surface area contributed by atoms with Crippen LogP contribution in [-0.2, 0) is 14.8 Å². The molecule has 1 atom stereocenters. The quantitative estimate of drug-likeness (QED) is 0.778. The molecule has 0 unspecified atom stereocenters. The zero-order valence-electron chi connectivity index (χ0n) is 14.9. The summed E-state index contributed by atoms with van der Waals surface area (Å²) in [6.45, 7) is 3.65. The number of thiophene rings is 1. The first-order valence-electron chi connectivity index (χ1n) is 7.64. The van der Waals surface area contributed by atoms with Gasteiger partial charge >= 0.3 is 5.97 Å². The predicted octanol–water partition coefficient (Wildman–Crippen LogP) is 2.95. The first kappa shape index (κ1) is 19.4. The van der Waals surface area contributed by atoms with Crippen LogP contribution >= 0.6 is 11.3 Å². The highest BCUT2D eigenvalue weighted by atomic mass is 32.2. The Balaban J connectivity index is 2.30. The van der Waals surface area contributed by atoms with Gasteiger partial charge in [0.15, 0.2) is 0 Å². The molecule has 0 amide bonds. The summed E-state index contributed by atoms with van der Waals surface area (Å²) >= 11 is 1.36. The number of hydrogen-bond acceptors (Lipinski definition) is 6. The summed E-state index contributed by atoms with van der Waals surface area (Å²) in [6.07, 6.45) is 0. The predicted molar refractivity (Wildman–Crippen MR) is 99.9 cm³/mol. The zero-order valence-corrected chi connectivity index (χ0v) is 16.5. The number of benzene rings is 1. The van der Waals surface area contributed by atoms with E-state index in [0.29, 0.717) is 5.56 Å². The van der Waals surface area contributed by atoms with Crippen LogP contribution in [0.1, 0.15) is 33.8 Å². The molecule has 8 heteroatoms. The van der Waals surface area contributed by atoms with Gasteiger partial charge in [-0.05, 0) is 32.0 Å². The van der Waals surface area contributed by atoms with E-state index in [-0.39, 0.29) is 4.90 Å². The number of nitrogens with one attached hydrogen (secondary N) is 1. The van der Waals surface area contributed by atoms with Gasteiger partial charge in [0.2, 0.25) is 10.0 Å². The minimum absolute atomic E-state index is 0.211. The summed E-state index contributed by atoms with van der Waals surface area (Å²) in [5.41, 5.74) is 1.41. The Morgan fingerprint density at radius 1 is 1.24 bits per heavy atom. The Morgan fingerprint density at radius 3 is 2.36 bits per heavy atom. The topological polar surface area (TPSA) is 75.7 Å². The average Bonchev–Trinajstić information content (AvgIpc) is 3.00. The maximum atomic E-state index is 12.5. The largest absolute Gasteiger partial charge is 0.465 e. The van der Waals surface area contributed by atoms with Gasteiger partial charge < -0.3 is 9.64 Å². The van der Waals surface area contributed by atoms with Crippen molar-refractivity contribution in [1.82, 2.24) is 4.72 Å². The second-order valence-corrected chi connectivity index (χ2v) is 8.69. The van der Waals surface area contributed by atoms with E-state index in [1.54, 1.807) is 37.3 Å². The van der Waals surface area contributed by atoms with Gasteiger partial charge in [-0.2, -0.15) is 0 Å². The molecule has 136 valence electrons. The Bertz CT molecular complexity index is 855. The summed E-state index contributed by atoms with van der Waals surface area (Å²) in [5.74, 6) is -0.445. The Hall–Kier alpha value is -1.90. The van der Waals surface area contributed by atoms with Crippen LogP contribution in [-0.4, -0.2) is 35.6 Å². The lowest BCUT2D eigenvalue weighted by Crippen LogP contribution is -2.26. The monoisotopic (exact) mass is 382 g/mol. The van der Waals surface area contributed by atoms with Gasteiger partial charge in [0, 0.05) is 19.0 Å². The first-order chi connectivity index (χ1) is 11.7. The van der Waals surface area contributed by atoms with Crippen molar-refractivity contribution in [3.05, 3.63) is 46.3 Å². The van der Waals surface area contributed by atoms with Gasteiger partial charge in [0.05, 0.1) is 23.6 Å². The molecule has 1 aromatic heterocycles. The summed E-state index contributed by atoms with van der Waals surface area (Å²) < 4.78 is 32.5. The fourth-order valence-corrected chi connectivity index (χ4v) is 4.65. The third kappa shape index (κ3) is 4.39. The summed E-state index contributed by atoms with van der Waals surface area (Å²) in [7, 11) is 1.32. The van der Waals surface area contributed by atoms with E-state index in [2.05, 4.69) is 4.72 Å². The van der Waals surface area contributed by atoms with Gasteiger partial charge in [-0.15, -0.1) is 11.3 Å². The first-order valence-corrected chi connectivity index (χ1v) is 9.94. The Kier molecular flexibility index (Phi) is 5.87. The lowest BCUT2D eigenvalue weighted by atomic mass is 10.2. The van der Waals surface area contributed by atoms with E-state index < -0.39 is 22.0 Å². The Morgan fingerprint density at radius 2 is 1.84 bits per heavy atom. The third-order valence-corrected chi connectivity index (χ3v) is 6.68. The standard InChI is InChI=1S/C17H22N2O4S2/c1-11-6-8-13(9-7-11)25(21,22)18-12(2)15-10-14(17(20)23-5)16(24-15)19(3)4/h6-10,12,18H,1-5H3/t12-/m1/s1. The number of sulfonamides is 1. The van der Waals surface area contributed by atoms with Crippen molar-refractivity contribution < 1.29 is 17.9 Å². The lowest BCUT2D eigenvalue weighted by Gasteiger charge is -2.13. The zero-order chi connectivity index (χ0) is 18.8. The molecule has 25 heavy (non-hydrogen) atoms. The lowest BCUT2D eigenvalue weighted by molar-refractivity contribution is 0.0602. The average molecular weight is 383 g/mol. The van der Waals surface area contributed by atoms with Gasteiger partial charge in [0.25, 0.3) is 0 Å². The van der Waals surface area contributed by atoms with Crippen LogP contribution in [0.15, 0.2) is 35.2 Å². The van der Waals surface area contributed by atoms with E-state index in [9.17, 15) is 13.2 Å². The summed E-state index contributed by atoms with van der Waals surface area (Å²) in [4.78, 5) is 14.7. The van der Waals surface area contributed by atoms with E-state index in [0.717, 1.165) is 15.4 Å². The van der Waals surface area contributed by atoms with Crippen LogP contribution in [0.2, 0.25) is 0 Å². The molecule has 0 bridgehead atoms. The molecule has 6 nitrogen and oxygen atoms in total. The van der Waals surface area contributed by atoms with Crippen molar-refractivity contribution in [3.8, 4) is 0 Å². The second-order valence-electron chi connectivity index (χ2n) is 5.91. The molecule has 1 N–H and O–H groups in total. The van der Waals surface area contributed by atoms with E-state index >= 15 is 0 Å². The highest BCUT2D eigenvalue weighted by Crippen LogP contribution is 2.34. The van der Waals surface area contributed by atoms with Gasteiger partial charge in [-0.1, -0.05) is 17.7 Å². The number of anilines is 1. The molecule has 2 aromatic rings. The van der Waals surface area contributed by atoms with Crippen molar-refractivity contribution >= 4 is 32.3 Å². The maximum Gasteiger partial charge on any atom is 0.340 e. The molecule has 0 saturated carbocycles. The number of aryl methyl sites for hydroxylation is 1. The Labute approximate surface area is 152 Å². The molecule has 0 aliphatic carbocycles.